The molecule has 1 N–H and O–H groups in total. The summed E-state index contributed by atoms with van der Waals surface area (Å²) in [4.78, 5) is 10.2. The van der Waals surface area contributed by atoms with E-state index < -0.39 is 11.8 Å². The second-order valence-corrected chi connectivity index (χ2v) is 3.27. The van der Waals surface area contributed by atoms with Gasteiger partial charge in [0.15, 0.2) is 0 Å². The van der Waals surface area contributed by atoms with Crippen molar-refractivity contribution in [1.29, 1.82) is 0 Å². The molecule has 0 amide bonds. The molecule has 0 unspecified atom stereocenters. The van der Waals surface area contributed by atoms with Crippen LogP contribution in [0.25, 0.3) is 6.08 Å². The van der Waals surface area contributed by atoms with Crippen LogP contribution in [0.3, 0.4) is 0 Å². The molecule has 14 heavy (non-hydrogen) atoms. The van der Waals surface area contributed by atoms with Gasteiger partial charge in [0.2, 0.25) is 0 Å². The van der Waals surface area contributed by atoms with Gasteiger partial charge in [0, 0.05) is 11.1 Å². The van der Waals surface area contributed by atoms with Crippen LogP contribution in [0.15, 0.2) is 18.2 Å². The van der Waals surface area contributed by atoms with E-state index in [9.17, 15) is 9.18 Å². The molecular formula is C9H5Cl2FO2. The third-order valence-corrected chi connectivity index (χ3v) is 2.06. The van der Waals surface area contributed by atoms with Crippen LogP contribution in [-0.4, -0.2) is 11.1 Å². The Labute approximate surface area is 89.6 Å². The molecule has 0 radical (unpaired) electrons. The maximum atomic E-state index is 12.9. The Morgan fingerprint density at radius 2 is 2.00 bits per heavy atom. The molecule has 5 heteroatoms. The van der Waals surface area contributed by atoms with Gasteiger partial charge in [-0.1, -0.05) is 23.2 Å². The van der Waals surface area contributed by atoms with Crippen molar-refractivity contribution in [3.05, 3.63) is 39.6 Å². The zero-order chi connectivity index (χ0) is 10.7. The van der Waals surface area contributed by atoms with Gasteiger partial charge in [-0.2, -0.15) is 0 Å². The van der Waals surface area contributed by atoms with Gasteiger partial charge < -0.3 is 5.11 Å². The summed E-state index contributed by atoms with van der Waals surface area (Å²) >= 11 is 11.1. The summed E-state index contributed by atoms with van der Waals surface area (Å²) < 4.78 is 12.9. The van der Waals surface area contributed by atoms with E-state index in [2.05, 4.69) is 0 Å². The van der Waals surface area contributed by atoms with Crippen LogP contribution in [0, 0.1) is 5.82 Å². The molecule has 0 aromatic heterocycles. The average Bonchev–Trinajstić information content (AvgIpc) is 2.09. The van der Waals surface area contributed by atoms with E-state index in [-0.39, 0.29) is 15.6 Å². The van der Waals surface area contributed by atoms with Crippen LogP contribution in [0.5, 0.6) is 0 Å². The molecule has 0 atom stereocenters. The van der Waals surface area contributed by atoms with E-state index in [1.54, 1.807) is 0 Å². The Morgan fingerprint density at radius 3 is 2.57 bits per heavy atom. The SMILES string of the molecule is O=C(O)/C=C/c1cc(F)c(Cl)cc1Cl. The van der Waals surface area contributed by atoms with Crippen LogP contribution in [0.1, 0.15) is 5.56 Å². The van der Waals surface area contributed by atoms with Gasteiger partial charge in [0.1, 0.15) is 5.82 Å². The molecule has 0 fully saturated rings. The van der Waals surface area contributed by atoms with Crippen molar-refractivity contribution in [3.8, 4) is 0 Å². The molecule has 0 aliphatic rings. The highest BCUT2D eigenvalue weighted by atomic mass is 35.5. The quantitative estimate of drug-likeness (QED) is 0.631. The Morgan fingerprint density at radius 1 is 1.36 bits per heavy atom. The number of halogens is 3. The summed E-state index contributed by atoms with van der Waals surface area (Å²) in [6.07, 6.45) is 2.07. The Hall–Kier alpha value is -1.06. The first kappa shape index (κ1) is 11.0. The molecule has 74 valence electrons. The van der Waals surface area contributed by atoms with E-state index in [1.807, 2.05) is 0 Å². The predicted molar refractivity (Wildman–Crippen MR) is 53.1 cm³/mol. The first-order chi connectivity index (χ1) is 6.50. The molecule has 1 aromatic carbocycles. The van der Waals surface area contributed by atoms with Crippen molar-refractivity contribution in [3.63, 3.8) is 0 Å². The molecule has 1 aromatic rings. The second kappa shape index (κ2) is 4.44. The fourth-order valence-corrected chi connectivity index (χ4v) is 1.27. The van der Waals surface area contributed by atoms with E-state index >= 15 is 0 Å². The van der Waals surface area contributed by atoms with Crippen LogP contribution in [0.2, 0.25) is 10.0 Å². The van der Waals surface area contributed by atoms with E-state index in [0.717, 1.165) is 12.1 Å². The minimum absolute atomic E-state index is 0.0949. The number of benzene rings is 1. The van der Waals surface area contributed by atoms with Gasteiger partial charge in [-0.05, 0) is 23.8 Å². The minimum atomic E-state index is -1.13. The minimum Gasteiger partial charge on any atom is -0.478 e. The lowest BCUT2D eigenvalue weighted by atomic mass is 10.2. The maximum Gasteiger partial charge on any atom is 0.328 e. The third-order valence-electron chi connectivity index (χ3n) is 1.45. The number of carboxylic acid groups (broad SMARTS) is 1. The van der Waals surface area contributed by atoms with E-state index in [1.165, 1.54) is 12.1 Å². The topological polar surface area (TPSA) is 37.3 Å². The molecule has 1 rings (SSSR count). The first-order valence-electron chi connectivity index (χ1n) is 3.56. The molecule has 0 saturated carbocycles. The smallest absolute Gasteiger partial charge is 0.328 e. The number of hydrogen-bond acceptors (Lipinski definition) is 1. The number of hydrogen-bond donors (Lipinski definition) is 1. The third kappa shape index (κ3) is 2.72. The lowest BCUT2D eigenvalue weighted by Gasteiger charge is -1.99. The molecule has 2 nitrogen and oxygen atoms in total. The number of rotatable bonds is 2. The first-order valence-corrected chi connectivity index (χ1v) is 4.32. The summed E-state index contributed by atoms with van der Waals surface area (Å²) in [6.45, 7) is 0. The zero-order valence-corrected chi connectivity index (χ0v) is 8.31. The highest BCUT2D eigenvalue weighted by molar-refractivity contribution is 6.35. The Bertz CT molecular complexity index is 402. The summed E-state index contributed by atoms with van der Waals surface area (Å²) in [6, 6.07) is 2.30. The summed E-state index contributed by atoms with van der Waals surface area (Å²) in [5, 5.41) is 8.45. The van der Waals surface area contributed by atoms with Gasteiger partial charge in [-0.15, -0.1) is 0 Å². The van der Waals surface area contributed by atoms with Gasteiger partial charge in [0.05, 0.1) is 5.02 Å². The summed E-state index contributed by atoms with van der Waals surface area (Å²) in [5.41, 5.74) is 0.274. The molecular weight excluding hydrogens is 230 g/mol. The summed E-state index contributed by atoms with van der Waals surface area (Å²) in [7, 11) is 0. The summed E-state index contributed by atoms with van der Waals surface area (Å²) in [5.74, 6) is -1.77. The standard InChI is InChI=1S/C9H5Cl2FO2/c10-6-4-7(11)8(12)3-5(6)1-2-9(13)14/h1-4H,(H,13,14)/b2-1+. The van der Waals surface area contributed by atoms with Crippen molar-refractivity contribution >= 4 is 35.2 Å². The molecule has 0 spiro atoms. The van der Waals surface area contributed by atoms with E-state index in [0.29, 0.717) is 0 Å². The lowest BCUT2D eigenvalue weighted by Crippen LogP contribution is -1.87. The number of carboxylic acids is 1. The Kier molecular flexibility index (Phi) is 3.49. The van der Waals surface area contributed by atoms with Gasteiger partial charge in [-0.25, -0.2) is 9.18 Å². The van der Waals surface area contributed by atoms with Crippen molar-refractivity contribution in [2.45, 2.75) is 0 Å². The average molecular weight is 235 g/mol. The number of carbonyl (C=O) groups is 1. The van der Waals surface area contributed by atoms with Gasteiger partial charge in [-0.3, -0.25) is 0 Å². The van der Waals surface area contributed by atoms with Crippen molar-refractivity contribution in [2.75, 3.05) is 0 Å². The van der Waals surface area contributed by atoms with Crippen molar-refractivity contribution in [1.82, 2.24) is 0 Å². The maximum absolute atomic E-state index is 12.9. The largest absolute Gasteiger partial charge is 0.478 e. The van der Waals surface area contributed by atoms with Gasteiger partial charge in [0.25, 0.3) is 0 Å². The fourth-order valence-electron chi connectivity index (χ4n) is 0.827. The van der Waals surface area contributed by atoms with Crippen molar-refractivity contribution in [2.24, 2.45) is 0 Å². The van der Waals surface area contributed by atoms with Crippen LogP contribution in [0.4, 0.5) is 4.39 Å². The van der Waals surface area contributed by atoms with E-state index in [4.69, 9.17) is 28.3 Å². The molecule has 0 aliphatic carbocycles. The molecule has 0 saturated heterocycles. The predicted octanol–water partition coefficient (Wildman–Crippen LogP) is 3.23. The second-order valence-electron chi connectivity index (χ2n) is 2.46. The van der Waals surface area contributed by atoms with Crippen LogP contribution >= 0.6 is 23.2 Å². The zero-order valence-electron chi connectivity index (χ0n) is 6.80. The lowest BCUT2D eigenvalue weighted by molar-refractivity contribution is -0.131. The van der Waals surface area contributed by atoms with Gasteiger partial charge >= 0.3 is 5.97 Å². The van der Waals surface area contributed by atoms with Crippen LogP contribution in [-0.2, 0) is 4.79 Å². The Balaban J connectivity index is 3.10. The molecule has 0 bridgehead atoms. The normalized spacial score (nSPS) is 10.8. The highest BCUT2D eigenvalue weighted by Gasteiger charge is 2.04. The molecule has 0 heterocycles. The fraction of sp³-hybridized carbons (Fsp3) is 0. The molecule has 0 aliphatic heterocycles. The highest BCUT2D eigenvalue weighted by Crippen LogP contribution is 2.25. The van der Waals surface area contributed by atoms with Crippen molar-refractivity contribution < 1.29 is 14.3 Å². The van der Waals surface area contributed by atoms with Crippen LogP contribution < -0.4 is 0 Å². The monoisotopic (exact) mass is 234 g/mol. The number of aliphatic carboxylic acids is 1.